The Kier molecular flexibility index (Phi) is 5.64. The summed E-state index contributed by atoms with van der Waals surface area (Å²) in [6.45, 7) is 0.469. The van der Waals surface area contributed by atoms with Gasteiger partial charge >= 0.3 is 0 Å². The molecule has 33 heavy (non-hydrogen) atoms. The molecule has 0 saturated heterocycles. The maximum Gasteiger partial charge on any atom is 0.251 e. The summed E-state index contributed by atoms with van der Waals surface area (Å²) in [4.78, 5) is 24.9. The van der Waals surface area contributed by atoms with E-state index >= 15 is 0 Å². The van der Waals surface area contributed by atoms with E-state index in [1.54, 1.807) is 24.4 Å². The van der Waals surface area contributed by atoms with Gasteiger partial charge in [-0.2, -0.15) is 0 Å². The summed E-state index contributed by atoms with van der Waals surface area (Å²) in [6.07, 6.45) is 4.22. The number of H-pyrrole nitrogens is 1. The fourth-order valence-electron chi connectivity index (χ4n) is 3.71. The molecule has 0 bridgehead atoms. The maximum absolute atomic E-state index is 13.0. The number of amides is 1. The molecule has 2 aromatic heterocycles. The Hall–Kier alpha value is -4.32. The molecule has 2 N–H and O–H groups in total. The Morgan fingerprint density at radius 1 is 0.879 bits per heavy atom. The van der Waals surface area contributed by atoms with E-state index in [0.29, 0.717) is 24.4 Å². The smallest absolute Gasteiger partial charge is 0.251 e. The fraction of sp³-hybridized carbons (Fsp3) is 0.0741. The van der Waals surface area contributed by atoms with Gasteiger partial charge in [0, 0.05) is 29.3 Å². The summed E-state index contributed by atoms with van der Waals surface area (Å²) in [5.41, 5.74) is 3.96. The van der Waals surface area contributed by atoms with Gasteiger partial charge in [-0.1, -0.05) is 48.5 Å². The summed E-state index contributed by atoms with van der Waals surface area (Å²) in [5, 5.41) is 5.09. The number of hydrogen-bond donors (Lipinski definition) is 2. The quantitative estimate of drug-likeness (QED) is 0.374. The highest BCUT2D eigenvalue weighted by atomic mass is 19.1. The summed E-state index contributed by atoms with van der Waals surface area (Å²) >= 11 is 0. The molecule has 5 nitrogen and oxygen atoms in total. The maximum atomic E-state index is 13.0. The number of halogens is 1. The van der Waals surface area contributed by atoms with Crippen LogP contribution in [0.4, 0.5) is 4.39 Å². The second-order valence-corrected chi connectivity index (χ2v) is 7.78. The van der Waals surface area contributed by atoms with Crippen molar-refractivity contribution in [2.45, 2.75) is 6.42 Å². The lowest BCUT2D eigenvalue weighted by Crippen LogP contribution is -2.25. The number of aromatic nitrogens is 3. The van der Waals surface area contributed by atoms with Crippen LogP contribution in [0.15, 0.2) is 91.3 Å². The van der Waals surface area contributed by atoms with Crippen molar-refractivity contribution in [3.8, 4) is 22.8 Å². The molecule has 2 heterocycles. The van der Waals surface area contributed by atoms with E-state index in [4.69, 9.17) is 0 Å². The first-order valence-electron chi connectivity index (χ1n) is 10.7. The predicted molar refractivity (Wildman–Crippen MR) is 127 cm³/mol. The van der Waals surface area contributed by atoms with Crippen LogP contribution in [0.5, 0.6) is 0 Å². The molecule has 0 fully saturated rings. The third kappa shape index (κ3) is 4.65. The monoisotopic (exact) mass is 436 g/mol. The molecule has 0 unspecified atom stereocenters. The van der Waals surface area contributed by atoms with Gasteiger partial charge in [-0.25, -0.2) is 9.37 Å². The van der Waals surface area contributed by atoms with Crippen molar-refractivity contribution in [3.05, 3.63) is 108 Å². The molecule has 5 aromatic rings. The molecule has 6 heteroatoms. The normalized spacial score (nSPS) is 10.9. The van der Waals surface area contributed by atoms with Crippen LogP contribution in [0.25, 0.3) is 33.5 Å². The van der Waals surface area contributed by atoms with E-state index in [2.05, 4.69) is 20.3 Å². The van der Waals surface area contributed by atoms with E-state index in [0.717, 1.165) is 33.3 Å². The number of hydrogen-bond acceptors (Lipinski definition) is 3. The third-order valence-electron chi connectivity index (χ3n) is 5.50. The molecule has 0 aliphatic carbocycles. The van der Waals surface area contributed by atoms with Crippen LogP contribution in [0.2, 0.25) is 0 Å². The second kappa shape index (κ2) is 9.04. The largest absolute Gasteiger partial charge is 0.352 e. The molecular weight excluding hydrogens is 415 g/mol. The van der Waals surface area contributed by atoms with Gasteiger partial charge in [0.1, 0.15) is 11.5 Å². The van der Waals surface area contributed by atoms with Crippen LogP contribution in [-0.4, -0.2) is 27.4 Å². The first-order chi connectivity index (χ1) is 16.2. The van der Waals surface area contributed by atoms with Crippen LogP contribution in [0, 0.1) is 5.82 Å². The van der Waals surface area contributed by atoms with Crippen LogP contribution in [0.1, 0.15) is 15.9 Å². The Morgan fingerprint density at radius 2 is 1.70 bits per heavy atom. The highest BCUT2D eigenvalue weighted by Crippen LogP contribution is 2.24. The predicted octanol–water partition coefficient (Wildman–Crippen LogP) is 5.40. The molecule has 3 aromatic carbocycles. The topological polar surface area (TPSA) is 70.7 Å². The second-order valence-electron chi connectivity index (χ2n) is 7.78. The van der Waals surface area contributed by atoms with Gasteiger partial charge in [0.25, 0.3) is 5.91 Å². The molecular formula is C27H21FN4O. The van der Waals surface area contributed by atoms with Gasteiger partial charge in [-0.15, -0.1) is 0 Å². The van der Waals surface area contributed by atoms with E-state index in [1.165, 1.54) is 12.1 Å². The minimum Gasteiger partial charge on any atom is -0.352 e. The number of aromatic amines is 1. The standard InChI is InChI=1S/C27H21FN4O/c28-23-10-8-18(9-11-23)12-13-29-27(33)21-7-3-6-20(14-21)25-17-31-26(32-25)24-15-19-4-1-2-5-22(19)16-30-24/h1-11,14-17H,12-13H2,(H,29,33)(H,31,32). The first-order valence-corrected chi connectivity index (χ1v) is 10.7. The number of carbonyl (C=O) groups is 1. The van der Waals surface area contributed by atoms with E-state index in [1.807, 2.05) is 54.7 Å². The minimum absolute atomic E-state index is 0.158. The Morgan fingerprint density at radius 3 is 2.55 bits per heavy atom. The highest BCUT2D eigenvalue weighted by Gasteiger charge is 2.11. The highest BCUT2D eigenvalue weighted by molar-refractivity contribution is 5.95. The summed E-state index contributed by atoms with van der Waals surface area (Å²) < 4.78 is 13.0. The summed E-state index contributed by atoms with van der Waals surface area (Å²) in [7, 11) is 0. The molecule has 0 radical (unpaired) electrons. The van der Waals surface area contributed by atoms with Crippen molar-refractivity contribution >= 4 is 16.7 Å². The Bertz CT molecular complexity index is 1430. The number of pyridine rings is 1. The molecule has 162 valence electrons. The van der Waals surface area contributed by atoms with Crippen LogP contribution >= 0.6 is 0 Å². The first kappa shape index (κ1) is 20.6. The number of benzene rings is 3. The van der Waals surface area contributed by atoms with E-state index < -0.39 is 0 Å². The number of imidazole rings is 1. The number of carbonyl (C=O) groups excluding carboxylic acids is 1. The van der Waals surface area contributed by atoms with Gasteiger partial charge in [0.2, 0.25) is 0 Å². The zero-order valence-electron chi connectivity index (χ0n) is 17.8. The minimum atomic E-state index is -0.266. The number of nitrogens with one attached hydrogen (secondary N) is 2. The third-order valence-corrected chi connectivity index (χ3v) is 5.50. The number of rotatable bonds is 6. The molecule has 0 atom stereocenters. The van der Waals surface area contributed by atoms with Crippen molar-refractivity contribution < 1.29 is 9.18 Å². The van der Waals surface area contributed by atoms with E-state index in [-0.39, 0.29) is 11.7 Å². The number of fused-ring (bicyclic) bond motifs is 1. The van der Waals surface area contributed by atoms with Gasteiger partial charge in [-0.3, -0.25) is 9.78 Å². The molecule has 0 spiro atoms. The lowest BCUT2D eigenvalue weighted by molar-refractivity contribution is 0.0954. The van der Waals surface area contributed by atoms with Gasteiger partial charge in [0.05, 0.1) is 11.9 Å². The number of nitrogens with zero attached hydrogens (tertiary/aromatic N) is 2. The summed E-state index contributed by atoms with van der Waals surface area (Å²) in [6, 6.07) is 23.7. The van der Waals surface area contributed by atoms with E-state index in [9.17, 15) is 9.18 Å². The lowest BCUT2D eigenvalue weighted by Gasteiger charge is -2.07. The van der Waals surface area contributed by atoms with Crippen molar-refractivity contribution in [1.29, 1.82) is 0 Å². The molecule has 0 aliphatic heterocycles. The molecule has 0 saturated carbocycles. The van der Waals surface area contributed by atoms with Crippen LogP contribution < -0.4 is 5.32 Å². The Labute approximate surface area is 190 Å². The van der Waals surface area contributed by atoms with Crippen molar-refractivity contribution in [3.63, 3.8) is 0 Å². The lowest BCUT2D eigenvalue weighted by atomic mass is 10.1. The van der Waals surface area contributed by atoms with Crippen LogP contribution in [0.3, 0.4) is 0 Å². The van der Waals surface area contributed by atoms with Crippen molar-refractivity contribution in [1.82, 2.24) is 20.3 Å². The van der Waals surface area contributed by atoms with Gasteiger partial charge < -0.3 is 10.3 Å². The van der Waals surface area contributed by atoms with Gasteiger partial charge in [0.15, 0.2) is 5.82 Å². The fourth-order valence-corrected chi connectivity index (χ4v) is 3.71. The van der Waals surface area contributed by atoms with Crippen molar-refractivity contribution in [2.24, 2.45) is 0 Å². The zero-order chi connectivity index (χ0) is 22.6. The average molecular weight is 436 g/mol. The molecule has 5 rings (SSSR count). The molecule has 0 aliphatic rings. The zero-order valence-corrected chi connectivity index (χ0v) is 17.8. The average Bonchev–Trinajstić information content (AvgIpc) is 3.35. The SMILES string of the molecule is O=C(NCCc1ccc(F)cc1)c1cccc(-c2cnc(-c3cc4ccccc4cn3)[nH]2)c1. The Balaban J connectivity index is 1.29. The van der Waals surface area contributed by atoms with Crippen LogP contribution in [-0.2, 0) is 6.42 Å². The van der Waals surface area contributed by atoms with Crippen molar-refractivity contribution in [2.75, 3.05) is 6.54 Å². The molecule has 1 amide bonds. The summed E-state index contributed by atoms with van der Waals surface area (Å²) in [5.74, 6) is 0.248. The van der Waals surface area contributed by atoms with Gasteiger partial charge in [-0.05, 0) is 47.7 Å².